The molecular weight excluding hydrogens is 240 g/mol. The molecule has 5 nitrogen and oxygen atoms in total. The van der Waals surface area contributed by atoms with Crippen LogP contribution < -0.4 is 0 Å². The molecule has 0 aromatic heterocycles. The largest absolute Gasteiger partial charge is 0.287 e. The third kappa shape index (κ3) is 2.66. The first-order valence-electron chi connectivity index (χ1n) is 3.62. The second-order valence-corrected chi connectivity index (χ2v) is 3.02. The van der Waals surface area contributed by atoms with Gasteiger partial charge in [-0.25, -0.2) is 0 Å². The van der Waals surface area contributed by atoms with E-state index in [1.807, 2.05) is 5.16 Å². The van der Waals surface area contributed by atoms with Crippen molar-refractivity contribution in [1.29, 1.82) is 0 Å². The highest BCUT2D eigenvalue weighted by atomic mass is 35.5. The average Bonchev–Trinajstić information content (AvgIpc) is 2.17. The highest BCUT2D eigenvalue weighted by Gasteiger charge is 2.13. The third-order valence-electron chi connectivity index (χ3n) is 1.54. The number of nitro benzene ring substituents is 1. The summed E-state index contributed by atoms with van der Waals surface area (Å²) >= 11 is 9.91. The van der Waals surface area contributed by atoms with Crippen LogP contribution in [0.1, 0.15) is 10.4 Å². The summed E-state index contributed by atoms with van der Waals surface area (Å²) in [6, 6.07) is 3.46. The molecule has 0 unspecified atom stereocenters. The predicted octanol–water partition coefficient (Wildman–Crippen LogP) is 2.49. The molecule has 0 aliphatic heterocycles. The van der Waals surface area contributed by atoms with E-state index >= 15 is 0 Å². The van der Waals surface area contributed by atoms with Crippen LogP contribution in [0.25, 0.3) is 0 Å². The molecule has 1 aromatic rings. The summed E-state index contributed by atoms with van der Waals surface area (Å²) in [5.41, 5.74) is -0.137. The molecule has 0 spiro atoms. The topological polar surface area (TPSA) is 72.6 Å². The number of non-ortho nitro benzene ring substituents is 1. The first kappa shape index (κ1) is 11.5. The van der Waals surface area contributed by atoms with Crippen LogP contribution >= 0.6 is 23.8 Å². The Labute approximate surface area is 94.5 Å². The van der Waals surface area contributed by atoms with Crippen molar-refractivity contribution in [1.82, 2.24) is 0 Å². The first-order valence-corrected chi connectivity index (χ1v) is 4.41. The fraction of sp³-hybridized carbons (Fsp3) is 0. The minimum absolute atomic E-state index is 0.0387. The lowest BCUT2D eigenvalue weighted by molar-refractivity contribution is -0.384. The van der Waals surface area contributed by atoms with Gasteiger partial charge in [0.15, 0.2) is 0 Å². The molecule has 0 fully saturated rings. The van der Waals surface area contributed by atoms with E-state index in [1.54, 1.807) is 0 Å². The zero-order valence-corrected chi connectivity index (χ0v) is 8.71. The van der Waals surface area contributed by atoms with Crippen LogP contribution in [-0.2, 0) is 0 Å². The molecule has 1 aromatic carbocycles. The summed E-state index contributed by atoms with van der Waals surface area (Å²) in [5.74, 6) is -0.676. The summed E-state index contributed by atoms with van der Waals surface area (Å²) in [6.45, 7) is 0. The highest BCUT2D eigenvalue weighted by molar-refractivity contribution is 7.78. The van der Waals surface area contributed by atoms with Gasteiger partial charge >= 0.3 is 0 Å². The molecule has 0 aliphatic carbocycles. The number of isothiocyanates is 1. The molecule has 0 N–H and O–H groups in total. The molecule has 0 radical (unpaired) electrons. The Morgan fingerprint density at radius 1 is 1.60 bits per heavy atom. The van der Waals surface area contributed by atoms with Crippen molar-refractivity contribution in [2.75, 3.05) is 0 Å². The molecule has 15 heavy (non-hydrogen) atoms. The van der Waals surface area contributed by atoms with Crippen LogP contribution in [0, 0.1) is 10.1 Å². The lowest BCUT2D eigenvalue weighted by Gasteiger charge is -1.97. The molecule has 1 amide bonds. The van der Waals surface area contributed by atoms with Gasteiger partial charge in [0, 0.05) is 12.1 Å². The second kappa shape index (κ2) is 4.75. The van der Waals surface area contributed by atoms with E-state index in [2.05, 4.69) is 17.2 Å². The summed E-state index contributed by atoms with van der Waals surface area (Å²) in [7, 11) is 0. The Bertz CT molecular complexity index is 483. The van der Waals surface area contributed by atoms with Gasteiger partial charge in [0.2, 0.25) is 0 Å². The normalized spacial score (nSPS) is 9.13. The van der Waals surface area contributed by atoms with Gasteiger partial charge in [0.05, 0.1) is 20.7 Å². The van der Waals surface area contributed by atoms with Crippen LogP contribution in [0.4, 0.5) is 5.69 Å². The molecule has 1 rings (SSSR count). The van der Waals surface area contributed by atoms with Gasteiger partial charge < -0.3 is 0 Å². The minimum atomic E-state index is -0.676. The number of carbonyl (C=O) groups is 1. The maximum Gasteiger partial charge on any atom is 0.287 e. The van der Waals surface area contributed by atoms with Crippen molar-refractivity contribution < 1.29 is 9.72 Å². The Kier molecular flexibility index (Phi) is 3.62. The van der Waals surface area contributed by atoms with Crippen molar-refractivity contribution in [3.8, 4) is 0 Å². The highest BCUT2D eigenvalue weighted by Crippen LogP contribution is 2.22. The molecular formula is C8H3ClN2O3S. The maximum atomic E-state index is 11.2. The van der Waals surface area contributed by atoms with Crippen molar-refractivity contribution >= 4 is 40.6 Å². The second-order valence-electron chi connectivity index (χ2n) is 2.43. The quantitative estimate of drug-likeness (QED) is 0.346. The molecule has 0 saturated carbocycles. The zero-order chi connectivity index (χ0) is 11.4. The van der Waals surface area contributed by atoms with Gasteiger partial charge in [-0.15, -0.1) is 0 Å². The number of thiocarbonyl (C=S) groups is 1. The monoisotopic (exact) mass is 242 g/mol. The van der Waals surface area contributed by atoms with E-state index in [0.29, 0.717) is 0 Å². The lowest BCUT2D eigenvalue weighted by atomic mass is 10.2. The van der Waals surface area contributed by atoms with Crippen molar-refractivity contribution in [3.63, 3.8) is 0 Å². The first-order chi connectivity index (χ1) is 7.06. The standard InChI is InChI=1S/C8H3ClN2O3S/c9-7-3-5(11(13)14)1-2-6(7)8(12)10-4-15/h1-3H. The molecule has 76 valence electrons. The lowest BCUT2D eigenvalue weighted by Crippen LogP contribution is -1.96. The Balaban J connectivity index is 3.19. The molecule has 0 atom stereocenters. The van der Waals surface area contributed by atoms with Gasteiger partial charge in [-0.2, -0.15) is 4.99 Å². The number of benzene rings is 1. The fourth-order valence-corrected chi connectivity index (χ4v) is 1.23. The fourth-order valence-electron chi connectivity index (χ4n) is 0.893. The van der Waals surface area contributed by atoms with E-state index in [-0.39, 0.29) is 16.3 Å². The third-order valence-corrected chi connectivity index (χ3v) is 1.95. The Morgan fingerprint density at radius 3 is 2.73 bits per heavy atom. The van der Waals surface area contributed by atoms with E-state index < -0.39 is 10.8 Å². The van der Waals surface area contributed by atoms with E-state index in [1.165, 1.54) is 6.07 Å². The van der Waals surface area contributed by atoms with E-state index in [4.69, 9.17) is 11.6 Å². The summed E-state index contributed by atoms with van der Waals surface area (Å²) in [6.07, 6.45) is 0. The molecule has 0 aliphatic rings. The number of hydrogen-bond acceptors (Lipinski definition) is 4. The molecule has 0 heterocycles. The summed E-state index contributed by atoms with van der Waals surface area (Å²) < 4.78 is 0. The summed E-state index contributed by atoms with van der Waals surface area (Å²) in [4.78, 5) is 24.2. The molecule has 0 bridgehead atoms. The van der Waals surface area contributed by atoms with Gasteiger partial charge in [-0.1, -0.05) is 11.6 Å². The van der Waals surface area contributed by atoms with E-state index in [9.17, 15) is 14.9 Å². The van der Waals surface area contributed by atoms with E-state index in [0.717, 1.165) is 12.1 Å². The zero-order valence-electron chi connectivity index (χ0n) is 7.14. The van der Waals surface area contributed by atoms with Crippen LogP contribution in [0.15, 0.2) is 23.2 Å². The van der Waals surface area contributed by atoms with Crippen molar-refractivity contribution in [3.05, 3.63) is 38.9 Å². The number of rotatable bonds is 2. The minimum Gasteiger partial charge on any atom is -0.266 e. The van der Waals surface area contributed by atoms with Gasteiger partial charge in [0.1, 0.15) is 0 Å². The number of halogens is 1. The predicted molar refractivity (Wildman–Crippen MR) is 57.5 cm³/mol. The Hall–Kier alpha value is -1.62. The van der Waals surface area contributed by atoms with Gasteiger partial charge in [-0.3, -0.25) is 14.9 Å². The number of nitro groups is 1. The van der Waals surface area contributed by atoms with Crippen LogP contribution in [-0.4, -0.2) is 16.0 Å². The number of amides is 1. The molecule has 0 saturated heterocycles. The number of nitrogens with zero attached hydrogens (tertiary/aromatic N) is 2. The van der Waals surface area contributed by atoms with Crippen LogP contribution in [0.2, 0.25) is 5.02 Å². The van der Waals surface area contributed by atoms with Crippen molar-refractivity contribution in [2.24, 2.45) is 4.99 Å². The summed E-state index contributed by atoms with van der Waals surface area (Å²) in [5, 5.41) is 12.2. The van der Waals surface area contributed by atoms with Crippen molar-refractivity contribution in [2.45, 2.75) is 0 Å². The smallest absolute Gasteiger partial charge is 0.266 e. The SMILES string of the molecule is O=C(N=C=S)c1ccc([N+](=O)[O-])cc1Cl. The van der Waals surface area contributed by atoms with Crippen LogP contribution in [0.5, 0.6) is 0 Å². The number of hydrogen-bond donors (Lipinski definition) is 0. The van der Waals surface area contributed by atoms with Gasteiger partial charge in [-0.05, 0) is 18.3 Å². The number of carbonyl (C=O) groups excluding carboxylic acids is 1. The van der Waals surface area contributed by atoms with Gasteiger partial charge in [0.25, 0.3) is 11.6 Å². The average molecular weight is 243 g/mol. The number of aliphatic imine (C=N–C) groups is 1. The van der Waals surface area contributed by atoms with Crippen LogP contribution in [0.3, 0.4) is 0 Å². The Morgan fingerprint density at radius 2 is 2.27 bits per heavy atom. The maximum absolute atomic E-state index is 11.2. The molecule has 7 heteroatoms.